The van der Waals surface area contributed by atoms with Crippen molar-refractivity contribution in [2.45, 2.75) is 18.0 Å². The summed E-state index contributed by atoms with van der Waals surface area (Å²) in [7, 11) is 0. The van der Waals surface area contributed by atoms with Gasteiger partial charge in [0, 0.05) is 9.13 Å². The molecule has 0 aliphatic heterocycles. The van der Waals surface area contributed by atoms with Gasteiger partial charge in [0.1, 0.15) is 5.82 Å². The summed E-state index contributed by atoms with van der Waals surface area (Å²) in [4.78, 5) is 10.7. The summed E-state index contributed by atoms with van der Waals surface area (Å²) >= 11 is 0.871. The fourth-order valence-electron chi connectivity index (χ4n) is 1.47. The SMILES string of the molecule is O=C(O)c1cc(F)cc(C(O)(C(F)(F)F)C(F)(F)F)c1I. The maximum atomic E-state index is 13.2. The molecule has 0 saturated carbocycles. The van der Waals surface area contributed by atoms with Crippen LogP contribution in [-0.2, 0) is 5.60 Å². The average Bonchev–Trinajstić information content (AvgIpc) is 2.27. The summed E-state index contributed by atoms with van der Waals surface area (Å²) < 4.78 is 88.2. The lowest BCUT2D eigenvalue weighted by Gasteiger charge is -2.33. The van der Waals surface area contributed by atoms with Crippen molar-refractivity contribution in [2.75, 3.05) is 0 Å². The highest BCUT2D eigenvalue weighted by Gasteiger charge is 2.72. The van der Waals surface area contributed by atoms with Gasteiger partial charge >= 0.3 is 18.3 Å². The van der Waals surface area contributed by atoms with Crippen LogP contribution in [0.1, 0.15) is 15.9 Å². The molecule has 0 atom stereocenters. The summed E-state index contributed by atoms with van der Waals surface area (Å²) in [6.45, 7) is 0. The van der Waals surface area contributed by atoms with Crippen molar-refractivity contribution < 1.29 is 45.7 Å². The molecule has 0 saturated heterocycles. The Morgan fingerprint density at radius 2 is 1.48 bits per heavy atom. The van der Waals surface area contributed by atoms with E-state index in [1.54, 1.807) is 0 Å². The minimum atomic E-state index is -6.23. The first-order chi connectivity index (χ1) is 9.23. The number of carboxylic acid groups (broad SMARTS) is 1. The molecule has 21 heavy (non-hydrogen) atoms. The minimum Gasteiger partial charge on any atom is -0.478 e. The van der Waals surface area contributed by atoms with Crippen molar-refractivity contribution >= 4 is 28.6 Å². The molecule has 11 heteroatoms. The zero-order valence-corrected chi connectivity index (χ0v) is 11.6. The Bertz CT molecular complexity index is 565. The van der Waals surface area contributed by atoms with E-state index in [0.29, 0.717) is 0 Å². The molecule has 0 aliphatic rings. The number of aliphatic hydroxyl groups is 1. The van der Waals surface area contributed by atoms with Gasteiger partial charge in [-0.05, 0) is 34.7 Å². The standard InChI is InChI=1S/C10H4F7IO3/c11-3-1-4(7(19)20)6(18)5(2-3)8(21,9(12,13)14)10(15,16)17/h1-2,21H,(H,19,20). The monoisotopic (exact) mass is 432 g/mol. The van der Waals surface area contributed by atoms with Crippen molar-refractivity contribution in [3.8, 4) is 0 Å². The van der Waals surface area contributed by atoms with Crippen LogP contribution in [0, 0.1) is 9.39 Å². The number of hydrogen-bond acceptors (Lipinski definition) is 2. The highest BCUT2D eigenvalue weighted by atomic mass is 127. The zero-order valence-electron chi connectivity index (χ0n) is 9.48. The summed E-state index contributed by atoms with van der Waals surface area (Å²) in [5.41, 5.74) is -8.44. The van der Waals surface area contributed by atoms with Gasteiger partial charge in [-0.1, -0.05) is 0 Å². The van der Waals surface area contributed by atoms with Crippen molar-refractivity contribution in [1.29, 1.82) is 0 Å². The van der Waals surface area contributed by atoms with Crippen molar-refractivity contribution in [3.05, 3.63) is 32.6 Å². The van der Waals surface area contributed by atoms with Gasteiger partial charge in [-0.15, -0.1) is 0 Å². The molecule has 1 aromatic carbocycles. The number of alkyl halides is 6. The molecule has 0 fully saturated rings. The Kier molecular flexibility index (Phi) is 4.50. The van der Waals surface area contributed by atoms with Crippen LogP contribution in [-0.4, -0.2) is 28.5 Å². The predicted molar refractivity (Wildman–Crippen MR) is 62.1 cm³/mol. The Morgan fingerprint density at radius 3 is 1.81 bits per heavy atom. The number of benzene rings is 1. The molecule has 0 aliphatic carbocycles. The molecule has 0 amide bonds. The molecule has 0 aromatic heterocycles. The smallest absolute Gasteiger partial charge is 0.430 e. The van der Waals surface area contributed by atoms with E-state index in [0.717, 1.165) is 22.6 Å². The third-order valence-corrected chi connectivity index (χ3v) is 3.64. The highest BCUT2D eigenvalue weighted by Crippen LogP contribution is 2.51. The second-order valence-electron chi connectivity index (χ2n) is 3.83. The van der Waals surface area contributed by atoms with Crippen molar-refractivity contribution in [1.82, 2.24) is 0 Å². The van der Waals surface area contributed by atoms with E-state index in [9.17, 15) is 35.5 Å². The fourth-order valence-corrected chi connectivity index (χ4v) is 2.41. The molecule has 0 bridgehead atoms. The largest absolute Gasteiger partial charge is 0.478 e. The maximum Gasteiger partial charge on any atom is 0.430 e. The third kappa shape index (κ3) is 2.93. The molecule has 1 aromatic rings. The summed E-state index contributed by atoms with van der Waals surface area (Å²) in [5.74, 6) is -3.60. The van der Waals surface area contributed by atoms with Gasteiger partial charge in [0.2, 0.25) is 0 Å². The fraction of sp³-hybridized carbons (Fsp3) is 0.300. The van der Waals surface area contributed by atoms with E-state index in [-0.39, 0.29) is 12.1 Å². The maximum absolute atomic E-state index is 13.2. The Morgan fingerprint density at radius 1 is 1.05 bits per heavy atom. The Labute approximate surface area is 125 Å². The van der Waals surface area contributed by atoms with Crippen LogP contribution in [0.25, 0.3) is 0 Å². The first-order valence-corrected chi connectivity index (χ1v) is 5.90. The molecule has 3 nitrogen and oxygen atoms in total. The lowest BCUT2D eigenvalue weighted by molar-refractivity contribution is -0.376. The molecule has 2 N–H and O–H groups in total. The Hall–Kier alpha value is -1.11. The van der Waals surface area contributed by atoms with E-state index in [1.807, 2.05) is 0 Å². The Balaban J connectivity index is 3.82. The van der Waals surface area contributed by atoms with Crippen LogP contribution in [0.3, 0.4) is 0 Å². The number of halogens is 8. The summed E-state index contributed by atoms with van der Waals surface area (Å²) in [5, 5.41) is 17.8. The molecule has 1 rings (SSSR count). The molecule has 118 valence electrons. The quantitative estimate of drug-likeness (QED) is 0.557. The number of aromatic carboxylic acids is 1. The van der Waals surface area contributed by atoms with Gasteiger partial charge in [0.25, 0.3) is 5.60 Å². The number of hydrogen-bond donors (Lipinski definition) is 2. The van der Waals surface area contributed by atoms with E-state index in [1.165, 1.54) is 0 Å². The van der Waals surface area contributed by atoms with E-state index >= 15 is 0 Å². The van der Waals surface area contributed by atoms with Gasteiger partial charge < -0.3 is 10.2 Å². The van der Waals surface area contributed by atoms with Crippen molar-refractivity contribution in [3.63, 3.8) is 0 Å². The number of carbonyl (C=O) groups is 1. The second kappa shape index (κ2) is 5.26. The first kappa shape index (κ1) is 17.9. The van der Waals surface area contributed by atoms with Crippen LogP contribution < -0.4 is 0 Å². The lowest BCUT2D eigenvalue weighted by atomic mass is 9.91. The van der Waals surface area contributed by atoms with Gasteiger partial charge in [0.15, 0.2) is 0 Å². The van der Waals surface area contributed by atoms with Crippen LogP contribution in [0.4, 0.5) is 30.7 Å². The molecular weight excluding hydrogens is 428 g/mol. The summed E-state index contributed by atoms with van der Waals surface area (Å²) in [6, 6.07) is 0.0516. The summed E-state index contributed by atoms with van der Waals surface area (Å²) in [6.07, 6.45) is -12.5. The van der Waals surface area contributed by atoms with Gasteiger partial charge in [-0.25, -0.2) is 9.18 Å². The van der Waals surface area contributed by atoms with E-state index in [2.05, 4.69) is 0 Å². The van der Waals surface area contributed by atoms with Crippen molar-refractivity contribution in [2.24, 2.45) is 0 Å². The van der Waals surface area contributed by atoms with Crippen LogP contribution in [0.5, 0.6) is 0 Å². The van der Waals surface area contributed by atoms with Crippen LogP contribution >= 0.6 is 22.6 Å². The zero-order chi connectivity index (χ0) is 16.8. The number of rotatable bonds is 2. The molecule has 0 heterocycles. The normalized spacial score (nSPS) is 13.4. The molecule has 0 unspecified atom stereocenters. The van der Waals surface area contributed by atoms with Gasteiger partial charge in [0.05, 0.1) is 5.56 Å². The third-order valence-electron chi connectivity index (χ3n) is 2.48. The van der Waals surface area contributed by atoms with Crippen LogP contribution in [0.2, 0.25) is 0 Å². The minimum absolute atomic E-state index is 0.199. The second-order valence-corrected chi connectivity index (χ2v) is 4.90. The number of carboxylic acids is 1. The first-order valence-electron chi connectivity index (χ1n) is 4.82. The van der Waals surface area contributed by atoms with Gasteiger partial charge in [-0.2, -0.15) is 26.3 Å². The molecular formula is C10H4F7IO3. The van der Waals surface area contributed by atoms with E-state index in [4.69, 9.17) is 10.2 Å². The van der Waals surface area contributed by atoms with E-state index < -0.39 is 44.4 Å². The van der Waals surface area contributed by atoms with Crippen LogP contribution in [0.15, 0.2) is 12.1 Å². The molecule has 0 radical (unpaired) electrons. The topological polar surface area (TPSA) is 57.5 Å². The molecule has 0 spiro atoms. The predicted octanol–water partition coefficient (Wildman–Crippen LogP) is 3.44. The highest BCUT2D eigenvalue weighted by molar-refractivity contribution is 14.1. The average molecular weight is 432 g/mol. The van der Waals surface area contributed by atoms with Gasteiger partial charge in [-0.3, -0.25) is 0 Å². The lowest BCUT2D eigenvalue weighted by Crippen LogP contribution is -2.54.